The zero-order valence-corrected chi connectivity index (χ0v) is 12.8. The quantitative estimate of drug-likeness (QED) is 0.684. The molecule has 1 unspecified atom stereocenters. The van der Waals surface area contributed by atoms with E-state index in [9.17, 15) is 0 Å². The van der Waals surface area contributed by atoms with E-state index in [1.165, 1.54) is 0 Å². The molecule has 1 atom stereocenters. The molecule has 0 saturated carbocycles. The Balaban J connectivity index is 1.68. The van der Waals surface area contributed by atoms with Crippen LogP contribution in [0.5, 0.6) is 5.75 Å². The van der Waals surface area contributed by atoms with E-state index < -0.39 is 0 Å². The van der Waals surface area contributed by atoms with Crippen molar-refractivity contribution in [2.45, 2.75) is 19.4 Å². The minimum absolute atomic E-state index is 0.177. The third kappa shape index (κ3) is 2.95. The number of H-pyrrole nitrogens is 1. The highest BCUT2D eigenvalue weighted by Gasteiger charge is 2.18. The van der Waals surface area contributed by atoms with Crippen LogP contribution in [0, 0.1) is 6.92 Å². The van der Waals surface area contributed by atoms with E-state index in [0.717, 1.165) is 47.7 Å². The maximum Gasteiger partial charge on any atom is 0.153 e. The summed E-state index contributed by atoms with van der Waals surface area (Å²) in [6, 6.07) is 7.77. The average Bonchev–Trinajstić information content (AvgIpc) is 3.21. The van der Waals surface area contributed by atoms with Gasteiger partial charge in [0.1, 0.15) is 11.9 Å². The van der Waals surface area contributed by atoms with Gasteiger partial charge < -0.3 is 20.4 Å². The number of nitrogens with zero attached hydrogens (tertiary/aromatic N) is 3. The molecular formula is C16H18N6O. The number of anilines is 2. The van der Waals surface area contributed by atoms with Crippen molar-refractivity contribution in [3.05, 3.63) is 36.3 Å². The smallest absolute Gasteiger partial charge is 0.153 e. The summed E-state index contributed by atoms with van der Waals surface area (Å²) in [4.78, 5) is 7.43. The maximum absolute atomic E-state index is 6.15. The van der Waals surface area contributed by atoms with Crippen LogP contribution < -0.4 is 15.4 Å². The number of fused-ring (bicyclic) bond motifs is 1. The lowest BCUT2D eigenvalue weighted by molar-refractivity contribution is 0.224. The summed E-state index contributed by atoms with van der Waals surface area (Å²) >= 11 is 0. The van der Waals surface area contributed by atoms with Gasteiger partial charge in [-0.15, -0.1) is 5.10 Å². The molecule has 1 aliphatic heterocycles. The molecule has 3 heterocycles. The predicted octanol–water partition coefficient (Wildman–Crippen LogP) is 2.15. The van der Waals surface area contributed by atoms with Gasteiger partial charge in [-0.05, 0) is 38.1 Å². The molecule has 7 nitrogen and oxygen atoms in total. The molecule has 0 spiro atoms. The highest BCUT2D eigenvalue weighted by Crippen LogP contribution is 2.32. The minimum Gasteiger partial charge on any atom is -0.487 e. The molecule has 4 rings (SSSR count). The van der Waals surface area contributed by atoms with Crippen molar-refractivity contribution in [2.75, 3.05) is 18.4 Å². The standard InChI is InChI=1S/C16H18N6O/c1-10-2-3-16(22-21-10)20-14-6-12-13(19-9-18-12)7-15(14)23-11-4-5-17-8-11/h2-3,6-7,9,11,17H,4-5,8H2,1H3,(H,18,19)(H,20,22). The van der Waals surface area contributed by atoms with Crippen molar-refractivity contribution in [3.8, 4) is 5.75 Å². The molecule has 3 N–H and O–H groups in total. The molecule has 3 aromatic rings. The van der Waals surface area contributed by atoms with Crippen LogP contribution in [0.2, 0.25) is 0 Å². The number of rotatable bonds is 4. The first-order valence-electron chi connectivity index (χ1n) is 7.70. The Bertz CT molecular complexity index is 807. The van der Waals surface area contributed by atoms with Crippen LogP contribution in [0.1, 0.15) is 12.1 Å². The van der Waals surface area contributed by atoms with Crippen LogP contribution in [-0.2, 0) is 0 Å². The molecule has 0 radical (unpaired) electrons. The largest absolute Gasteiger partial charge is 0.487 e. The van der Waals surface area contributed by atoms with Crippen molar-refractivity contribution >= 4 is 22.5 Å². The average molecular weight is 310 g/mol. The van der Waals surface area contributed by atoms with Gasteiger partial charge in [0, 0.05) is 12.6 Å². The third-order valence-corrected chi connectivity index (χ3v) is 3.89. The number of hydrogen-bond donors (Lipinski definition) is 3. The van der Waals surface area contributed by atoms with Gasteiger partial charge in [-0.3, -0.25) is 0 Å². The van der Waals surface area contributed by atoms with Crippen molar-refractivity contribution < 1.29 is 4.74 Å². The van der Waals surface area contributed by atoms with Gasteiger partial charge in [0.15, 0.2) is 5.82 Å². The van der Waals surface area contributed by atoms with Gasteiger partial charge in [0.2, 0.25) is 0 Å². The van der Waals surface area contributed by atoms with E-state index in [1.54, 1.807) is 6.33 Å². The number of aromatic amines is 1. The summed E-state index contributed by atoms with van der Waals surface area (Å²) in [5.74, 6) is 1.46. The van der Waals surface area contributed by atoms with Gasteiger partial charge in [-0.2, -0.15) is 5.10 Å². The van der Waals surface area contributed by atoms with E-state index >= 15 is 0 Å². The number of aryl methyl sites for hydroxylation is 1. The van der Waals surface area contributed by atoms with E-state index in [-0.39, 0.29) is 6.10 Å². The van der Waals surface area contributed by atoms with E-state index in [1.807, 2.05) is 31.2 Å². The highest BCUT2D eigenvalue weighted by atomic mass is 16.5. The fourth-order valence-electron chi connectivity index (χ4n) is 2.67. The lowest BCUT2D eigenvalue weighted by Gasteiger charge is -2.17. The van der Waals surface area contributed by atoms with E-state index in [2.05, 4.69) is 30.8 Å². The second-order valence-corrected chi connectivity index (χ2v) is 5.69. The first-order valence-corrected chi connectivity index (χ1v) is 7.70. The Morgan fingerprint density at radius 1 is 1.26 bits per heavy atom. The second kappa shape index (κ2) is 5.85. The van der Waals surface area contributed by atoms with Gasteiger partial charge in [0.25, 0.3) is 0 Å². The first kappa shape index (κ1) is 14.0. The van der Waals surface area contributed by atoms with Crippen molar-refractivity contribution in [3.63, 3.8) is 0 Å². The molecule has 23 heavy (non-hydrogen) atoms. The predicted molar refractivity (Wildman–Crippen MR) is 88.0 cm³/mol. The molecule has 1 aliphatic rings. The number of aromatic nitrogens is 4. The maximum atomic E-state index is 6.15. The second-order valence-electron chi connectivity index (χ2n) is 5.69. The lowest BCUT2D eigenvalue weighted by Crippen LogP contribution is -2.20. The molecule has 0 bridgehead atoms. The number of benzene rings is 1. The summed E-state index contributed by atoms with van der Waals surface area (Å²) in [5.41, 5.74) is 3.57. The summed E-state index contributed by atoms with van der Waals surface area (Å²) in [5, 5.41) is 14.8. The Kier molecular flexibility index (Phi) is 3.55. The summed E-state index contributed by atoms with van der Waals surface area (Å²) in [7, 11) is 0. The van der Waals surface area contributed by atoms with Crippen molar-refractivity contribution in [1.29, 1.82) is 0 Å². The van der Waals surface area contributed by atoms with Crippen LogP contribution in [0.15, 0.2) is 30.6 Å². The van der Waals surface area contributed by atoms with E-state index in [0.29, 0.717) is 5.82 Å². The molecule has 2 aromatic heterocycles. The number of hydrogen-bond acceptors (Lipinski definition) is 6. The zero-order valence-electron chi connectivity index (χ0n) is 12.8. The number of imidazole rings is 1. The normalized spacial score (nSPS) is 17.5. The van der Waals surface area contributed by atoms with Gasteiger partial charge in [-0.25, -0.2) is 4.98 Å². The van der Waals surface area contributed by atoms with Crippen LogP contribution in [0.3, 0.4) is 0 Å². The zero-order chi connectivity index (χ0) is 15.6. The number of ether oxygens (including phenoxy) is 1. The Hall–Kier alpha value is -2.67. The number of nitrogens with one attached hydrogen (secondary N) is 3. The molecule has 1 fully saturated rings. The highest BCUT2D eigenvalue weighted by molar-refractivity contribution is 5.84. The Morgan fingerprint density at radius 2 is 2.22 bits per heavy atom. The molecular weight excluding hydrogens is 292 g/mol. The van der Waals surface area contributed by atoms with Gasteiger partial charge >= 0.3 is 0 Å². The van der Waals surface area contributed by atoms with E-state index in [4.69, 9.17) is 4.74 Å². The SMILES string of the molecule is Cc1ccc(Nc2cc3[nH]cnc3cc2OC2CCNC2)nn1. The summed E-state index contributed by atoms with van der Waals surface area (Å²) < 4.78 is 6.15. The Morgan fingerprint density at radius 3 is 3.00 bits per heavy atom. The molecule has 0 amide bonds. The summed E-state index contributed by atoms with van der Waals surface area (Å²) in [6.45, 7) is 3.76. The van der Waals surface area contributed by atoms with Crippen LogP contribution in [0.25, 0.3) is 11.0 Å². The minimum atomic E-state index is 0.177. The first-order chi connectivity index (χ1) is 11.3. The van der Waals surface area contributed by atoms with Gasteiger partial charge in [0.05, 0.1) is 28.7 Å². The molecule has 0 aliphatic carbocycles. The lowest BCUT2D eigenvalue weighted by atomic mass is 10.2. The van der Waals surface area contributed by atoms with Crippen molar-refractivity contribution in [1.82, 2.24) is 25.5 Å². The van der Waals surface area contributed by atoms with Crippen molar-refractivity contribution in [2.24, 2.45) is 0 Å². The molecule has 7 heteroatoms. The Labute approximate surface area is 133 Å². The monoisotopic (exact) mass is 310 g/mol. The fourth-order valence-corrected chi connectivity index (χ4v) is 2.67. The third-order valence-electron chi connectivity index (χ3n) is 3.89. The van der Waals surface area contributed by atoms with Gasteiger partial charge in [-0.1, -0.05) is 0 Å². The van der Waals surface area contributed by atoms with Crippen LogP contribution >= 0.6 is 0 Å². The topological polar surface area (TPSA) is 87.8 Å². The van der Waals surface area contributed by atoms with Crippen LogP contribution in [0.4, 0.5) is 11.5 Å². The molecule has 1 aromatic carbocycles. The molecule has 118 valence electrons. The van der Waals surface area contributed by atoms with Crippen LogP contribution in [-0.4, -0.2) is 39.4 Å². The molecule has 1 saturated heterocycles. The fraction of sp³-hybridized carbons (Fsp3) is 0.312. The summed E-state index contributed by atoms with van der Waals surface area (Å²) in [6.07, 6.45) is 2.86.